The van der Waals surface area contributed by atoms with Gasteiger partial charge in [-0.1, -0.05) is 12.1 Å². The number of nitrogens with one attached hydrogen (secondary N) is 3. The van der Waals surface area contributed by atoms with Gasteiger partial charge in [-0.3, -0.25) is 19.7 Å². The average molecular weight is 452 g/mol. The largest absolute Gasteiger partial charge is 0.403 e. The van der Waals surface area contributed by atoms with Gasteiger partial charge in [0.05, 0.1) is 0 Å². The first-order chi connectivity index (χ1) is 15.2. The van der Waals surface area contributed by atoms with Gasteiger partial charge >= 0.3 is 6.18 Å². The monoisotopic (exact) mass is 452 g/mol. The minimum atomic E-state index is -4.33. The van der Waals surface area contributed by atoms with Gasteiger partial charge in [0.15, 0.2) is 0 Å². The van der Waals surface area contributed by atoms with Gasteiger partial charge in [0.1, 0.15) is 12.1 Å². The second-order valence-electron chi connectivity index (χ2n) is 8.80. The maximum Gasteiger partial charge on any atom is 0.403 e. The second kappa shape index (κ2) is 9.19. The molecule has 3 aliphatic rings. The first-order valence-corrected chi connectivity index (χ1v) is 11.0. The molecule has 1 aromatic carbocycles. The molecular weight excluding hydrogens is 425 g/mol. The van der Waals surface area contributed by atoms with Crippen molar-refractivity contribution in [2.45, 2.75) is 63.5 Å². The summed E-state index contributed by atoms with van der Waals surface area (Å²) in [4.78, 5) is 37.7. The van der Waals surface area contributed by atoms with E-state index in [-0.39, 0.29) is 50.1 Å². The van der Waals surface area contributed by atoms with E-state index in [1.807, 2.05) is 0 Å². The van der Waals surface area contributed by atoms with Gasteiger partial charge in [-0.25, -0.2) is 0 Å². The minimum absolute atomic E-state index is 0.0367. The number of rotatable bonds is 6. The van der Waals surface area contributed by atoms with Crippen LogP contribution in [0.2, 0.25) is 0 Å². The van der Waals surface area contributed by atoms with Crippen molar-refractivity contribution < 1.29 is 27.6 Å². The van der Waals surface area contributed by atoms with Gasteiger partial charge < -0.3 is 15.5 Å². The highest BCUT2D eigenvalue weighted by Crippen LogP contribution is 2.30. The summed E-state index contributed by atoms with van der Waals surface area (Å²) in [6.45, 7) is 1.73. The van der Waals surface area contributed by atoms with E-state index in [0.717, 1.165) is 25.9 Å². The molecule has 0 spiro atoms. The zero-order valence-electron chi connectivity index (χ0n) is 17.6. The van der Waals surface area contributed by atoms with Crippen molar-refractivity contribution in [3.05, 3.63) is 34.9 Å². The molecule has 7 nitrogen and oxygen atoms in total. The number of carbonyl (C=O) groups excluding carboxylic acids is 3. The van der Waals surface area contributed by atoms with Gasteiger partial charge in [-0.05, 0) is 61.9 Å². The number of piperidine rings is 2. The molecule has 3 aliphatic heterocycles. The van der Waals surface area contributed by atoms with Crippen LogP contribution in [0.4, 0.5) is 13.2 Å². The van der Waals surface area contributed by atoms with Crippen LogP contribution in [0.5, 0.6) is 0 Å². The van der Waals surface area contributed by atoms with E-state index < -0.39 is 24.2 Å². The van der Waals surface area contributed by atoms with Crippen LogP contribution in [0.25, 0.3) is 0 Å². The van der Waals surface area contributed by atoms with Gasteiger partial charge in [0.2, 0.25) is 11.8 Å². The van der Waals surface area contributed by atoms with E-state index in [2.05, 4.69) is 16.0 Å². The maximum atomic E-state index is 13.6. The standard InChI is InChI=1S/C22H27F3N4O3/c23-22(24,25)18(10-13-5-7-26-8-6-13)27-11-14-1-2-16-15(9-14)12-29(21(16)32)17-3-4-19(30)28-20(17)31/h1-2,9,13,17-18,26-27H,3-8,10-12H2,(H,28,30,31). The molecule has 174 valence electrons. The molecule has 4 rings (SSSR count). The Hall–Kier alpha value is -2.46. The number of alkyl halides is 3. The Labute approximate surface area is 184 Å². The highest BCUT2D eigenvalue weighted by Gasteiger charge is 2.41. The number of carbonyl (C=O) groups is 3. The molecule has 0 bridgehead atoms. The molecule has 0 aromatic heterocycles. The highest BCUT2D eigenvalue weighted by molar-refractivity contribution is 6.05. The lowest BCUT2D eigenvalue weighted by atomic mass is 9.90. The Morgan fingerprint density at radius 1 is 1.12 bits per heavy atom. The minimum Gasteiger partial charge on any atom is -0.322 e. The Morgan fingerprint density at radius 2 is 1.88 bits per heavy atom. The summed E-state index contributed by atoms with van der Waals surface area (Å²) in [5.74, 6) is -1.11. The van der Waals surface area contributed by atoms with E-state index in [0.29, 0.717) is 16.7 Å². The lowest BCUT2D eigenvalue weighted by Crippen LogP contribution is -2.52. The van der Waals surface area contributed by atoms with Crippen LogP contribution in [-0.2, 0) is 22.7 Å². The van der Waals surface area contributed by atoms with Gasteiger partial charge in [-0.2, -0.15) is 13.2 Å². The fourth-order valence-corrected chi connectivity index (χ4v) is 4.76. The summed E-state index contributed by atoms with van der Waals surface area (Å²) < 4.78 is 40.7. The van der Waals surface area contributed by atoms with E-state index >= 15 is 0 Å². The van der Waals surface area contributed by atoms with Crippen LogP contribution in [0.3, 0.4) is 0 Å². The molecule has 0 aliphatic carbocycles. The molecule has 3 heterocycles. The number of fused-ring (bicyclic) bond motifs is 1. The Bertz CT molecular complexity index is 899. The first kappa shape index (κ1) is 22.7. The van der Waals surface area contributed by atoms with E-state index in [9.17, 15) is 27.6 Å². The van der Waals surface area contributed by atoms with Gasteiger partial charge in [0, 0.05) is 25.1 Å². The molecule has 3 N–H and O–H groups in total. The van der Waals surface area contributed by atoms with E-state index in [1.54, 1.807) is 18.2 Å². The SMILES string of the molecule is O=C1CCC(N2Cc3cc(CNC(CC4CCNCC4)C(F)(F)F)ccc3C2=O)C(=O)N1. The number of nitrogens with zero attached hydrogens (tertiary/aromatic N) is 1. The summed E-state index contributed by atoms with van der Waals surface area (Å²) in [7, 11) is 0. The van der Waals surface area contributed by atoms with Crippen LogP contribution in [-0.4, -0.2) is 54.0 Å². The number of hydrogen-bond acceptors (Lipinski definition) is 5. The molecule has 2 saturated heterocycles. The van der Waals surface area contributed by atoms with Crippen LogP contribution in [0.1, 0.15) is 53.6 Å². The predicted molar refractivity (Wildman–Crippen MR) is 109 cm³/mol. The second-order valence-corrected chi connectivity index (χ2v) is 8.80. The molecule has 32 heavy (non-hydrogen) atoms. The Kier molecular flexibility index (Phi) is 6.52. The summed E-state index contributed by atoms with van der Waals surface area (Å²) >= 11 is 0. The van der Waals surface area contributed by atoms with Crippen LogP contribution in [0.15, 0.2) is 18.2 Å². The molecule has 3 amide bonds. The van der Waals surface area contributed by atoms with Crippen molar-refractivity contribution in [3.8, 4) is 0 Å². The Morgan fingerprint density at radius 3 is 2.56 bits per heavy atom. The number of amides is 3. The van der Waals surface area contributed by atoms with Crippen molar-refractivity contribution in [1.29, 1.82) is 0 Å². The third kappa shape index (κ3) is 4.96. The van der Waals surface area contributed by atoms with Crippen molar-refractivity contribution >= 4 is 17.7 Å². The molecule has 0 saturated carbocycles. The summed E-state index contributed by atoms with van der Waals surface area (Å²) in [6.07, 6.45) is -2.36. The molecular formula is C22H27F3N4O3. The van der Waals surface area contributed by atoms with Crippen LogP contribution in [0, 0.1) is 5.92 Å². The molecule has 2 fully saturated rings. The normalized spacial score (nSPS) is 23.3. The van der Waals surface area contributed by atoms with E-state index in [4.69, 9.17) is 0 Å². The summed E-state index contributed by atoms with van der Waals surface area (Å²) in [5, 5.41) is 8.09. The highest BCUT2D eigenvalue weighted by atomic mass is 19.4. The number of benzene rings is 1. The van der Waals surface area contributed by atoms with Gasteiger partial charge in [0.25, 0.3) is 5.91 Å². The van der Waals surface area contributed by atoms with E-state index in [1.165, 1.54) is 4.90 Å². The lowest BCUT2D eigenvalue weighted by Gasteiger charge is -2.29. The smallest absolute Gasteiger partial charge is 0.322 e. The van der Waals surface area contributed by atoms with Crippen molar-refractivity contribution in [2.75, 3.05) is 13.1 Å². The average Bonchev–Trinajstić information content (AvgIpc) is 3.06. The summed E-state index contributed by atoms with van der Waals surface area (Å²) in [5.41, 5.74) is 1.78. The zero-order chi connectivity index (χ0) is 22.9. The quantitative estimate of drug-likeness (QED) is 0.574. The van der Waals surface area contributed by atoms with Crippen LogP contribution < -0.4 is 16.0 Å². The number of imide groups is 1. The third-order valence-corrected chi connectivity index (χ3v) is 6.56. The predicted octanol–water partition coefficient (Wildman–Crippen LogP) is 1.86. The fraction of sp³-hybridized carbons (Fsp3) is 0.591. The molecule has 1 aromatic rings. The number of halogens is 3. The fourth-order valence-electron chi connectivity index (χ4n) is 4.76. The van der Waals surface area contributed by atoms with Crippen molar-refractivity contribution in [2.24, 2.45) is 5.92 Å². The lowest BCUT2D eigenvalue weighted by molar-refractivity contribution is -0.160. The molecule has 0 radical (unpaired) electrons. The summed E-state index contributed by atoms with van der Waals surface area (Å²) in [6, 6.07) is 2.68. The maximum absolute atomic E-state index is 13.6. The third-order valence-electron chi connectivity index (χ3n) is 6.56. The molecule has 10 heteroatoms. The molecule has 2 unspecified atom stereocenters. The van der Waals surface area contributed by atoms with Crippen molar-refractivity contribution in [1.82, 2.24) is 20.9 Å². The zero-order valence-corrected chi connectivity index (χ0v) is 17.6. The topological polar surface area (TPSA) is 90.5 Å². The molecule has 2 atom stereocenters. The van der Waals surface area contributed by atoms with Gasteiger partial charge in [-0.15, -0.1) is 0 Å². The Balaban J connectivity index is 1.41. The van der Waals surface area contributed by atoms with Crippen LogP contribution >= 0.6 is 0 Å². The first-order valence-electron chi connectivity index (χ1n) is 11.0. The number of hydrogen-bond donors (Lipinski definition) is 3. The van der Waals surface area contributed by atoms with Crippen molar-refractivity contribution in [3.63, 3.8) is 0 Å².